The highest BCUT2D eigenvalue weighted by Gasteiger charge is 2.35. The standard InChI is InChI=1S/C16H24F2N2/c1-11(2)15-9-20(16(3,4)10-19-15)8-12-5-6-13(17)7-14(12)18/h5-7,11,15,19H,8-10H2,1-4H3. The summed E-state index contributed by atoms with van der Waals surface area (Å²) in [7, 11) is 0. The molecule has 0 amide bonds. The van der Waals surface area contributed by atoms with Gasteiger partial charge in [0.05, 0.1) is 0 Å². The lowest BCUT2D eigenvalue weighted by Gasteiger charge is -2.47. The smallest absolute Gasteiger partial charge is 0.130 e. The topological polar surface area (TPSA) is 15.3 Å². The molecule has 0 aromatic heterocycles. The number of rotatable bonds is 3. The molecular weight excluding hydrogens is 258 g/mol. The molecule has 112 valence electrons. The van der Waals surface area contributed by atoms with Crippen LogP contribution in [0.5, 0.6) is 0 Å². The summed E-state index contributed by atoms with van der Waals surface area (Å²) < 4.78 is 26.8. The zero-order valence-corrected chi connectivity index (χ0v) is 12.7. The van der Waals surface area contributed by atoms with Gasteiger partial charge >= 0.3 is 0 Å². The Labute approximate surface area is 120 Å². The predicted octanol–water partition coefficient (Wildman–Crippen LogP) is 3.17. The van der Waals surface area contributed by atoms with Crippen molar-refractivity contribution in [2.75, 3.05) is 13.1 Å². The molecule has 1 aliphatic heterocycles. The van der Waals surface area contributed by atoms with Crippen molar-refractivity contribution < 1.29 is 8.78 Å². The molecule has 1 saturated heterocycles. The van der Waals surface area contributed by atoms with Gasteiger partial charge in [0.2, 0.25) is 0 Å². The van der Waals surface area contributed by atoms with Crippen molar-refractivity contribution in [1.82, 2.24) is 10.2 Å². The van der Waals surface area contributed by atoms with Gasteiger partial charge in [0.15, 0.2) is 0 Å². The highest BCUT2D eigenvalue weighted by molar-refractivity contribution is 5.19. The maximum absolute atomic E-state index is 13.8. The van der Waals surface area contributed by atoms with E-state index in [9.17, 15) is 8.78 Å². The second-order valence-corrected chi connectivity index (χ2v) is 6.66. The Morgan fingerprint density at radius 1 is 1.35 bits per heavy atom. The summed E-state index contributed by atoms with van der Waals surface area (Å²) >= 11 is 0. The Kier molecular flexibility index (Phi) is 4.45. The summed E-state index contributed by atoms with van der Waals surface area (Å²) in [4.78, 5) is 2.28. The van der Waals surface area contributed by atoms with Crippen molar-refractivity contribution in [3.63, 3.8) is 0 Å². The fraction of sp³-hybridized carbons (Fsp3) is 0.625. The Hall–Kier alpha value is -1.00. The molecule has 20 heavy (non-hydrogen) atoms. The molecule has 2 rings (SSSR count). The van der Waals surface area contributed by atoms with E-state index in [0.717, 1.165) is 19.2 Å². The van der Waals surface area contributed by atoms with Crippen LogP contribution in [0.25, 0.3) is 0 Å². The lowest BCUT2D eigenvalue weighted by Crippen LogP contribution is -2.62. The fourth-order valence-electron chi connectivity index (χ4n) is 2.62. The zero-order valence-electron chi connectivity index (χ0n) is 12.7. The zero-order chi connectivity index (χ0) is 14.9. The van der Waals surface area contributed by atoms with Gasteiger partial charge in [-0.15, -0.1) is 0 Å². The van der Waals surface area contributed by atoms with E-state index in [-0.39, 0.29) is 5.54 Å². The van der Waals surface area contributed by atoms with Crippen LogP contribution in [-0.2, 0) is 6.54 Å². The summed E-state index contributed by atoms with van der Waals surface area (Å²) in [6.07, 6.45) is 0. The summed E-state index contributed by atoms with van der Waals surface area (Å²) in [5.41, 5.74) is 0.524. The average molecular weight is 282 g/mol. The number of hydrogen-bond acceptors (Lipinski definition) is 2. The molecule has 0 spiro atoms. The molecule has 0 saturated carbocycles. The maximum Gasteiger partial charge on any atom is 0.130 e. The van der Waals surface area contributed by atoms with Crippen molar-refractivity contribution in [1.29, 1.82) is 0 Å². The lowest BCUT2D eigenvalue weighted by molar-refractivity contribution is 0.0465. The van der Waals surface area contributed by atoms with Crippen LogP contribution in [0.1, 0.15) is 33.3 Å². The van der Waals surface area contributed by atoms with E-state index in [1.165, 1.54) is 6.07 Å². The summed E-state index contributed by atoms with van der Waals surface area (Å²) in [5, 5.41) is 3.55. The monoisotopic (exact) mass is 282 g/mol. The Bertz CT molecular complexity index is 472. The van der Waals surface area contributed by atoms with E-state index in [0.29, 0.717) is 24.1 Å². The number of hydrogen-bond donors (Lipinski definition) is 1. The van der Waals surface area contributed by atoms with E-state index in [2.05, 4.69) is 37.9 Å². The molecule has 4 heteroatoms. The fourth-order valence-corrected chi connectivity index (χ4v) is 2.62. The van der Waals surface area contributed by atoms with Crippen LogP contribution in [0.4, 0.5) is 8.78 Å². The molecule has 0 radical (unpaired) electrons. The Morgan fingerprint density at radius 2 is 2.05 bits per heavy atom. The summed E-state index contributed by atoms with van der Waals surface area (Å²) in [6.45, 7) is 10.9. The van der Waals surface area contributed by atoms with Crippen molar-refractivity contribution in [2.24, 2.45) is 5.92 Å². The third-order valence-electron chi connectivity index (χ3n) is 4.25. The van der Waals surface area contributed by atoms with Crippen LogP contribution in [0.15, 0.2) is 18.2 Å². The van der Waals surface area contributed by atoms with Gasteiger partial charge < -0.3 is 5.32 Å². The van der Waals surface area contributed by atoms with E-state index in [4.69, 9.17) is 0 Å². The number of nitrogens with one attached hydrogen (secondary N) is 1. The van der Waals surface area contributed by atoms with Crippen LogP contribution in [0.3, 0.4) is 0 Å². The Balaban J connectivity index is 2.16. The molecule has 0 aliphatic carbocycles. The largest absolute Gasteiger partial charge is 0.311 e. The molecule has 1 N–H and O–H groups in total. The van der Waals surface area contributed by atoms with Gasteiger partial charge in [-0.25, -0.2) is 8.78 Å². The van der Waals surface area contributed by atoms with Crippen LogP contribution in [-0.4, -0.2) is 29.6 Å². The normalized spacial score (nSPS) is 23.2. The number of halogens is 2. The third-order valence-corrected chi connectivity index (χ3v) is 4.25. The van der Waals surface area contributed by atoms with Crippen LogP contribution in [0.2, 0.25) is 0 Å². The minimum atomic E-state index is -0.522. The van der Waals surface area contributed by atoms with E-state index < -0.39 is 11.6 Å². The summed E-state index contributed by atoms with van der Waals surface area (Å²) in [5.74, 6) is -0.446. The van der Waals surface area contributed by atoms with Crippen molar-refractivity contribution >= 4 is 0 Å². The SMILES string of the molecule is CC(C)C1CN(Cc2ccc(F)cc2F)C(C)(C)CN1. The molecule has 1 aliphatic rings. The minimum absolute atomic E-state index is 0.0355. The van der Waals surface area contributed by atoms with Crippen LogP contribution < -0.4 is 5.32 Å². The maximum atomic E-state index is 13.8. The quantitative estimate of drug-likeness (QED) is 0.916. The second-order valence-electron chi connectivity index (χ2n) is 6.66. The number of benzene rings is 1. The highest BCUT2D eigenvalue weighted by atomic mass is 19.1. The first-order chi connectivity index (χ1) is 9.29. The van der Waals surface area contributed by atoms with E-state index in [1.54, 1.807) is 6.07 Å². The molecule has 0 bridgehead atoms. The molecule has 1 aromatic carbocycles. The van der Waals surface area contributed by atoms with Crippen LogP contribution in [0, 0.1) is 17.6 Å². The van der Waals surface area contributed by atoms with Gasteiger partial charge in [0.25, 0.3) is 0 Å². The van der Waals surface area contributed by atoms with Crippen molar-refractivity contribution in [3.8, 4) is 0 Å². The van der Waals surface area contributed by atoms with Gasteiger partial charge in [-0.1, -0.05) is 19.9 Å². The first kappa shape index (κ1) is 15.4. The van der Waals surface area contributed by atoms with E-state index in [1.807, 2.05) is 0 Å². The Morgan fingerprint density at radius 3 is 2.65 bits per heavy atom. The van der Waals surface area contributed by atoms with Gasteiger partial charge in [0.1, 0.15) is 11.6 Å². The molecule has 1 heterocycles. The van der Waals surface area contributed by atoms with Gasteiger partial charge in [-0.2, -0.15) is 0 Å². The van der Waals surface area contributed by atoms with Gasteiger partial charge in [-0.05, 0) is 25.8 Å². The summed E-state index contributed by atoms with van der Waals surface area (Å²) in [6, 6.07) is 4.25. The van der Waals surface area contributed by atoms with Gasteiger partial charge in [-0.3, -0.25) is 4.90 Å². The molecule has 1 fully saturated rings. The molecular formula is C16H24F2N2. The van der Waals surface area contributed by atoms with Crippen molar-refractivity contribution in [3.05, 3.63) is 35.4 Å². The molecule has 1 aromatic rings. The second kappa shape index (κ2) is 5.78. The van der Waals surface area contributed by atoms with Crippen LogP contribution >= 0.6 is 0 Å². The van der Waals surface area contributed by atoms with Gasteiger partial charge in [0, 0.05) is 42.8 Å². The predicted molar refractivity (Wildman–Crippen MR) is 77.5 cm³/mol. The first-order valence-electron chi connectivity index (χ1n) is 7.22. The average Bonchev–Trinajstić information content (AvgIpc) is 2.34. The molecule has 1 unspecified atom stereocenters. The molecule has 2 nitrogen and oxygen atoms in total. The molecule has 1 atom stereocenters. The highest BCUT2D eigenvalue weighted by Crippen LogP contribution is 2.24. The third kappa shape index (κ3) is 3.36. The number of piperazine rings is 1. The number of nitrogens with zero attached hydrogens (tertiary/aromatic N) is 1. The first-order valence-corrected chi connectivity index (χ1v) is 7.22. The van der Waals surface area contributed by atoms with E-state index >= 15 is 0 Å². The minimum Gasteiger partial charge on any atom is -0.311 e. The van der Waals surface area contributed by atoms with Crippen molar-refractivity contribution in [2.45, 2.75) is 45.8 Å². The lowest BCUT2D eigenvalue weighted by atomic mass is 9.92.